The average molecular weight is 257 g/mol. The molecule has 2 heterocycles. The molecule has 0 bridgehead atoms. The minimum Gasteiger partial charge on any atom is -0.350 e. The summed E-state index contributed by atoms with van der Waals surface area (Å²) < 4.78 is 0. The largest absolute Gasteiger partial charge is 0.350 e. The van der Waals surface area contributed by atoms with E-state index in [2.05, 4.69) is 10.2 Å². The number of rotatable bonds is 5. The van der Waals surface area contributed by atoms with Crippen molar-refractivity contribution >= 4 is 17.7 Å². The van der Waals surface area contributed by atoms with Gasteiger partial charge in [0.25, 0.3) is 0 Å². The van der Waals surface area contributed by atoms with Crippen LogP contribution in [0.25, 0.3) is 0 Å². The standard InChI is InChI=1S/C12H23N3OS/c1-17-8-5-9(13)12(16)14-10-4-7-15-6-2-3-11(10)15/h9-11H,2-8,13H2,1H3,(H,14,16)/t9-,10?,11?/m1/s1. The van der Waals surface area contributed by atoms with Gasteiger partial charge in [0.2, 0.25) is 5.91 Å². The quantitative estimate of drug-likeness (QED) is 0.749. The zero-order valence-corrected chi connectivity index (χ0v) is 11.3. The summed E-state index contributed by atoms with van der Waals surface area (Å²) in [4.78, 5) is 14.4. The molecule has 0 spiro atoms. The minimum absolute atomic E-state index is 0.0396. The lowest BCUT2D eigenvalue weighted by Crippen LogP contribution is -2.49. The van der Waals surface area contributed by atoms with Crippen molar-refractivity contribution in [2.45, 2.75) is 43.8 Å². The second-order valence-electron chi connectivity index (χ2n) is 5.04. The van der Waals surface area contributed by atoms with E-state index in [1.165, 1.54) is 19.4 Å². The summed E-state index contributed by atoms with van der Waals surface area (Å²) in [6.07, 6.45) is 6.40. The van der Waals surface area contributed by atoms with Crippen LogP contribution in [-0.2, 0) is 4.79 Å². The van der Waals surface area contributed by atoms with Crippen LogP contribution in [0.5, 0.6) is 0 Å². The maximum absolute atomic E-state index is 11.9. The lowest BCUT2D eigenvalue weighted by molar-refractivity contribution is -0.123. The predicted molar refractivity (Wildman–Crippen MR) is 72.1 cm³/mol. The Balaban J connectivity index is 1.78. The van der Waals surface area contributed by atoms with Gasteiger partial charge in [0.1, 0.15) is 0 Å². The minimum atomic E-state index is -0.335. The molecule has 2 saturated heterocycles. The number of nitrogens with two attached hydrogens (primary N) is 1. The van der Waals surface area contributed by atoms with Gasteiger partial charge in [0.15, 0.2) is 0 Å². The molecule has 5 heteroatoms. The van der Waals surface area contributed by atoms with Crippen molar-refractivity contribution in [3.63, 3.8) is 0 Å². The van der Waals surface area contributed by atoms with Gasteiger partial charge in [0.05, 0.1) is 6.04 Å². The molecule has 0 aromatic rings. The van der Waals surface area contributed by atoms with Gasteiger partial charge in [0, 0.05) is 18.6 Å². The van der Waals surface area contributed by atoms with Crippen LogP contribution in [0.15, 0.2) is 0 Å². The highest BCUT2D eigenvalue weighted by Gasteiger charge is 2.38. The Morgan fingerprint density at radius 3 is 3.12 bits per heavy atom. The predicted octanol–water partition coefficient (Wildman–Crippen LogP) is 0.420. The SMILES string of the molecule is CSCC[C@@H](N)C(=O)NC1CCN2CCCC12. The lowest BCUT2D eigenvalue weighted by atomic mass is 10.1. The molecule has 98 valence electrons. The molecule has 0 saturated carbocycles. The molecular weight excluding hydrogens is 234 g/mol. The molecule has 2 rings (SSSR count). The normalized spacial score (nSPS) is 30.2. The van der Waals surface area contributed by atoms with Crippen LogP contribution >= 0.6 is 11.8 Å². The third-order valence-corrected chi connectivity index (χ3v) is 4.55. The molecule has 0 aliphatic carbocycles. The molecule has 1 amide bonds. The second-order valence-corrected chi connectivity index (χ2v) is 6.02. The summed E-state index contributed by atoms with van der Waals surface area (Å²) in [7, 11) is 0. The second kappa shape index (κ2) is 6.07. The molecule has 0 aromatic carbocycles. The van der Waals surface area contributed by atoms with E-state index in [4.69, 9.17) is 5.73 Å². The zero-order chi connectivity index (χ0) is 12.3. The molecule has 0 aromatic heterocycles. The van der Waals surface area contributed by atoms with E-state index in [1.807, 2.05) is 6.26 Å². The molecule has 2 unspecified atom stereocenters. The van der Waals surface area contributed by atoms with E-state index in [1.54, 1.807) is 11.8 Å². The molecule has 3 N–H and O–H groups in total. The number of hydrogen-bond acceptors (Lipinski definition) is 4. The highest BCUT2D eigenvalue weighted by atomic mass is 32.2. The topological polar surface area (TPSA) is 58.4 Å². The summed E-state index contributed by atoms with van der Waals surface area (Å²) in [6.45, 7) is 2.34. The monoisotopic (exact) mass is 257 g/mol. The van der Waals surface area contributed by atoms with Crippen LogP contribution in [0.2, 0.25) is 0 Å². The summed E-state index contributed by atoms with van der Waals surface area (Å²) >= 11 is 1.74. The average Bonchev–Trinajstić information content (AvgIpc) is 2.90. The zero-order valence-electron chi connectivity index (χ0n) is 10.5. The maximum Gasteiger partial charge on any atom is 0.237 e. The van der Waals surface area contributed by atoms with Gasteiger partial charge in [-0.05, 0) is 44.2 Å². The Hall–Kier alpha value is -0.260. The van der Waals surface area contributed by atoms with E-state index in [0.29, 0.717) is 12.1 Å². The summed E-state index contributed by atoms with van der Waals surface area (Å²) in [5.74, 6) is 0.993. The van der Waals surface area contributed by atoms with Crippen LogP contribution in [-0.4, -0.2) is 54.0 Å². The van der Waals surface area contributed by atoms with Gasteiger partial charge in [-0.3, -0.25) is 9.69 Å². The van der Waals surface area contributed by atoms with Gasteiger partial charge >= 0.3 is 0 Å². The Labute approximate surface area is 108 Å². The first kappa shape index (κ1) is 13.2. The first-order valence-corrected chi connectivity index (χ1v) is 7.90. The fraction of sp³-hybridized carbons (Fsp3) is 0.917. The number of fused-ring (bicyclic) bond motifs is 1. The van der Waals surface area contributed by atoms with Crippen molar-refractivity contribution in [3.05, 3.63) is 0 Å². The molecule has 2 aliphatic rings. The number of thioether (sulfide) groups is 1. The smallest absolute Gasteiger partial charge is 0.237 e. The van der Waals surface area contributed by atoms with Gasteiger partial charge in [-0.15, -0.1) is 0 Å². The lowest BCUT2D eigenvalue weighted by Gasteiger charge is -2.22. The number of hydrogen-bond donors (Lipinski definition) is 2. The van der Waals surface area contributed by atoms with Crippen molar-refractivity contribution in [2.24, 2.45) is 5.73 Å². The third kappa shape index (κ3) is 3.14. The molecular formula is C12H23N3OS. The van der Waals surface area contributed by atoms with Crippen LogP contribution in [0.4, 0.5) is 0 Å². The summed E-state index contributed by atoms with van der Waals surface area (Å²) in [6, 6.07) is 0.579. The van der Waals surface area contributed by atoms with Crippen LogP contribution in [0.1, 0.15) is 25.7 Å². The summed E-state index contributed by atoms with van der Waals surface area (Å²) in [5, 5.41) is 3.14. The Morgan fingerprint density at radius 2 is 2.35 bits per heavy atom. The first-order chi connectivity index (χ1) is 8.22. The first-order valence-electron chi connectivity index (χ1n) is 6.51. The van der Waals surface area contributed by atoms with Gasteiger partial charge in [-0.25, -0.2) is 0 Å². The fourth-order valence-electron chi connectivity index (χ4n) is 2.92. The summed E-state index contributed by atoms with van der Waals surface area (Å²) in [5.41, 5.74) is 5.88. The number of carbonyl (C=O) groups excluding carboxylic acids is 1. The van der Waals surface area contributed by atoms with E-state index >= 15 is 0 Å². The van der Waals surface area contributed by atoms with E-state index in [0.717, 1.165) is 25.1 Å². The Bertz CT molecular complexity index is 274. The number of nitrogens with one attached hydrogen (secondary N) is 1. The van der Waals surface area contributed by atoms with Crippen molar-refractivity contribution in [1.29, 1.82) is 0 Å². The molecule has 17 heavy (non-hydrogen) atoms. The van der Waals surface area contributed by atoms with Crippen LogP contribution in [0, 0.1) is 0 Å². The number of carbonyl (C=O) groups is 1. The van der Waals surface area contributed by atoms with E-state index in [-0.39, 0.29) is 11.9 Å². The number of nitrogens with zero attached hydrogens (tertiary/aromatic N) is 1. The fourth-order valence-corrected chi connectivity index (χ4v) is 3.41. The van der Waals surface area contributed by atoms with E-state index < -0.39 is 0 Å². The van der Waals surface area contributed by atoms with Gasteiger partial charge in [-0.2, -0.15) is 11.8 Å². The van der Waals surface area contributed by atoms with Crippen molar-refractivity contribution in [2.75, 3.05) is 25.1 Å². The Kier molecular flexibility index (Phi) is 4.70. The van der Waals surface area contributed by atoms with Crippen molar-refractivity contribution < 1.29 is 4.79 Å². The molecule has 3 atom stereocenters. The third-order valence-electron chi connectivity index (χ3n) is 3.90. The molecule has 2 fully saturated rings. The van der Waals surface area contributed by atoms with E-state index in [9.17, 15) is 4.79 Å². The Morgan fingerprint density at radius 1 is 1.53 bits per heavy atom. The highest BCUT2D eigenvalue weighted by molar-refractivity contribution is 7.98. The van der Waals surface area contributed by atoms with Crippen LogP contribution in [0.3, 0.4) is 0 Å². The molecule has 4 nitrogen and oxygen atoms in total. The van der Waals surface area contributed by atoms with Gasteiger partial charge < -0.3 is 11.1 Å². The van der Waals surface area contributed by atoms with Crippen molar-refractivity contribution in [1.82, 2.24) is 10.2 Å². The van der Waals surface area contributed by atoms with Gasteiger partial charge in [-0.1, -0.05) is 0 Å². The van der Waals surface area contributed by atoms with Crippen LogP contribution < -0.4 is 11.1 Å². The molecule has 2 aliphatic heterocycles. The highest BCUT2D eigenvalue weighted by Crippen LogP contribution is 2.27. The molecule has 0 radical (unpaired) electrons. The van der Waals surface area contributed by atoms with Crippen molar-refractivity contribution in [3.8, 4) is 0 Å². The maximum atomic E-state index is 11.9. The number of amides is 1.